The molecule has 0 saturated heterocycles. The van der Waals surface area contributed by atoms with Gasteiger partial charge in [0.05, 0.1) is 0 Å². The molecule has 1 atom stereocenters. The summed E-state index contributed by atoms with van der Waals surface area (Å²) in [5.74, 6) is 0. The van der Waals surface area contributed by atoms with Gasteiger partial charge in [0.2, 0.25) is 0 Å². The summed E-state index contributed by atoms with van der Waals surface area (Å²) in [4.78, 5) is 0.756. The van der Waals surface area contributed by atoms with Crippen LogP contribution in [0.5, 0.6) is 0 Å². The van der Waals surface area contributed by atoms with Crippen molar-refractivity contribution in [2.24, 2.45) is 0 Å². The highest BCUT2D eigenvalue weighted by molar-refractivity contribution is 9.09. The summed E-state index contributed by atoms with van der Waals surface area (Å²) in [6.45, 7) is 5.90. The predicted octanol–water partition coefficient (Wildman–Crippen LogP) is 6.97. The second-order valence-corrected chi connectivity index (χ2v) is 6.43. The Kier molecular flexibility index (Phi) is 15.5. The van der Waals surface area contributed by atoms with Crippen molar-refractivity contribution in [3.05, 3.63) is 37.0 Å². The second-order valence-electron chi connectivity index (χ2n) is 5.13. The van der Waals surface area contributed by atoms with Crippen LogP contribution in [0.3, 0.4) is 0 Å². The molecule has 0 aliphatic carbocycles. The Morgan fingerprint density at radius 2 is 1.58 bits per heavy atom. The Morgan fingerprint density at radius 3 is 2.26 bits per heavy atom. The van der Waals surface area contributed by atoms with Gasteiger partial charge in [0, 0.05) is 4.83 Å². The molecule has 1 heteroatoms. The minimum atomic E-state index is 0.756. The van der Waals surface area contributed by atoms with Crippen LogP contribution >= 0.6 is 15.9 Å². The van der Waals surface area contributed by atoms with Crippen molar-refractivity contribution in [2.45, 2.75) is 76.0 Å². The average molecular weight is 327 g/mol. The predicted molar refractivity (Wildman–Crippen MR) is 93.0 cm³/mol. The monoisotopic (exact) mass is 326 g/mol. The van der Waals surface area contributed by atoms with Gasteiger partial charge in [0.15, 0.2) is 0 Å². The summed E-state index contributed by atoms with van der Waals surface area (Å²) in [6, 6.07) is 0. The number of hydrogen-bond donors (Lipinski definition) is 0. The van der Waals surface area contributed by atoms with E-state index in [0.717, 1.165) is 4.83 Å². The first kappa shape index (κ1) is 18.7. The van der Waals surface area contributed by atoms with Crippen molar-refractivity contribution >= 4 is 15.9 Å². The second kappa shape index (κ2) is 15.8. The van der Waals surface area contributed by atoms with Gasteiger partial charge in [-0.25, -0.2) is 0 Å². The number of hydrogen-bond acceptors (Lipinski definition) is 0. The molecule has 0 radical (unpaired) electrons. The summed E-state index contributed by atoms with van der Waals surface area (Å²) < 4.78 is 0. The van der Waals surface area contributed by atoms with E-state index in [1.54, 1.807) is 0 Å². The SMILES string of the molecule is C=C/C=C/C=C/CCCCCCCCC(Br)CCC. The van der Waals surface area contributed by atoms with Gasteiger partial charge < -0.3 is 0 Å². The molecule has 0 N–H and O–H groups in total. The van der Waals surface area contributed by atoms with E-state index < -0.39 is 0 Å². The number of alkyl halides is 1. The zero-order valence-electron chi connectivity index (χ0n) is 12.6. The molecule has 0 saturated carbocycles. The van der Waals surface area contributed by atoms with Crippen LogP contribution in [0.4, 0.5) is 0 Å². The van der Waals surface area contributed by atoms with Crippen LogP contribution in [0.15, 0.2) is 37.0 Å². The van der Waals surface area contributed by atoms with Crippen molar-refractivity contribution in [2.75, 3.05) is 0 Å². The zero-order valence-corrected chi connectivity index (χ0v) is 14.2. The number of rotatable bonds is 13. The summed E-state index contributed by atoms with van der Waals surface area (Å²) in [6.07, 6.45) is 23.7. The third-order valence-electron chi connectivity index (χ3n) is 3.23. The van der Waals surface area contributed by atoms with E-state index in [0.29, 0.717) is 0 Å². The van der Waals surface area contributed by atoms with Crippen molar-refractivity contribution < 1.29 is 0 Å². The van der Waals surface area contributed by atoms with E-state index >= 15 is 0 Å². The van der Waals surface area contributed by atoms with Crippen molar-refractivity contribution in [1.29, 1.82) is 0 Å². The van der Waals surface area contributed by atoms with Crippen LogP contribution in [0, 0.1) is 0 Å². The molecule has 0 amide bonds. The summed E-state index contributed by atoms with van der Waals surface area (Å²) in [5.41, 5.74) is 0. The number of halogens is 1. The van der Waals surface area contributed by atoms with E-state index in [4.69, 9.17) is 0 Å². The van der Waals surface area contributed by atoms with Gasteiger partial charge in [-0.2, -0.15) is 0 Å². The fraction of sp³-hybridized carbons (Fsp3) is 0.667. The lowest BCUT2D eigenvalue weighted by Crippen LogP contribution is -1.96. The molecule has 0 aromatic heterocycles. The zero-order chi connectivity index (χ0) is 14.2. The first-order valence-corrected chi connectivity index (χ1v) is 8.81. The largest absolute Gasteiger partial charge is 0.0991 e. The molecule has 110 valence electrons. The molecule has 0 spiro atoms. The highest BCUT2D eigenvalue weighted by atomic mass is 79.9. The van der Waals surface area contributed by atoms with Gasteiger partial charge >= 0.3 is 0 Å². The fourth-order valence-electron chi connectivity index (χ4n) is 2.11. The maximum atomic E-state index is 3.75. The molecule has 1 unspecified atom stereocenters. The highest BCUT2D eigenvalue weighted by Crippen LogP contribution is 2.17. The molecule has 0 bridgehead atoms. The average Bonchev–Trinajstić information content (AvgIpc) is 2.40. The van der Waals surface area contributed by atoms with Crippen LogP contribution in [-0.2, 0) is 0 Å². The molecule has 0 nitrogen and oxygen atoms in total. The molecule has 0 aliphatic heterocycles. The molecule has 0 rings (SSSR count). The van der Waals surface area contributed by atoms with Crippen LogP contribution in [-0.4, -0.2) is 4.83 Å². The van der Waals surface area contributed by atoms with Gasteiger partial charge in [-0.1, -0.05) is 98.3 Å². The lowest BCUT2D eigenvalue weighted by Gasteiger charge is -2.07. The molecule has 0 aliphatic rings. The smallest absolute Gasteiger partial charge is 0.0145 e. The van der Waals surface area contributed by atoms with E-state index in [1.165, 1.54) is 64.2 Å². The van der Waals surface area contributed by atoms with Gasteiger partial charge in [-0.05, 0) is 25.7 Å². The first-order chi connectivity index (χ1) is 9.31. The Labute approximate surface area is 129 Å². The topological polar surface area (TPSA) is 0 Å². The molecule has 19 heavy (non-hydrogen) atoms. The van der Waals surface area contributed by atoms with Gasteiger partial charge in [-0.3, -0.25) is 0 Å². The highest BCUT2D eigenvalue weighted by Gasteiger charge is 2.01. The third kappa shape index (κ3) is 15.6. The van der Waals surface area contributed by atoms with Crippen molar-refractivity contribution in [3.8, 4) is 0 Å². The van der Waals surface area contributed by atoms with E-state index in [2.05, 4.69) is 41.6 Å². The number of allylic oxidation sites excluding steroid dienone is 5. The summed E-state index contributed by atoms with van der Waals surface area (Å²) in [7, 11) is 0. The Bertz CT molecular complexity index is 240. The molecule has 0 heterocycles. The Hall–Kier alpha value is -0.300. The van der Waals surface area contributed by atoms with Crippen LogP contribution in [0.25, 0.3) is 0 Å². The summed E-state index contributed by atoms with van der Waals surface area (Å²) in [5, 5.41) is 0. The van der Waals surface area contributed by atoms with Gasteiger partial charge in [0.25, 0.3) is 0 Å². The van der Waals surface area contributed by atoms with E-state index in [-0.39, 0.29) is 0 Å². The van der Waals surface area contributed by atoms with Crippen LogP contribution in [0.1, 0.15) is 71.1 Å². The number of unbranched alkanes of at least 4 members (excludes halogenated alkanes) is 6. The van der Waals surface area contributed by atoms with Gasteiger partial charge in [0.1, 0.15) is 0 Å². The van der Waals surface area contributed by atoms with Crippen molar-refractivity contribution in [3.63, 3.8) is 0 Å². The van der Waals surface area contributed by atoms with Crippen molar-refractivity contribution in [1.82, 2.24) is 0 Å². The molecule has 0 fully saturated rings. The van der Waals surface area contributed by atoms with Crippen LogP contribution < -0.4 is 0 Å². The van der Waals surface area contributed by atoms with Crippen LogP contribution in [0.2, 0.25) is 0 Å². The standard InChI is InChI=1S/C18H31Br/c1-3-5-6-7-8-9-10-11-12-13-14-15-17-18(19)16-4-2/h3,5-8,18H,1,4,9-17H2,2H3/b6-5+,8-7+. The first-order valence-electron chi connectivity index (χ1n) is 7.89. The molecule has 0 aromatic carbocycles. The fourth-order valence-corrected chi connectivity index (χ4v) is 2.89. The normalized spacial score (nSPS) is 13.4. The maximum absolute atomic E-state index is 3.75. The third-order valence-corrected chi connectivity index (χ3v) is 4.15. The molecular formula is C18H31Br. The molecule has 0 aromatic rings. The van der Waals surface area contributed by atoms with E-state index in [1.807, 2.05) is 18.2 Å². The minimum absolute atomic E-state index is 0.756. The van der Waals surface area contributed by atoms with E-state index in [9.17, 15) is 0 Å². The molecular weight excluding hydrogens is 296 g/mol. The Morgan fingerprint density at radius 1 is 0.895 bits per heavy atom. The lowest BCUT2D eigenvalue weighted by atomic mass is 10.1. The Balaban J connectivity index is 3.16. The van der Waals surface area contributed by atoms with Gasteiger partial charge in [-0.15, -0.1) is 0 Å². The maximum Gasteiger partial charge on any atom is 0.0145 e. The lowest BCUT2D eigenvalue weighted by molar-refractivity contribution is 0.566. The quantitative estimate of drug-likeness (QED) is 0.195. The summed E-state index contributed by atoms with van der Waals surface area (Å²) >= 11 is 3.75. The minimum Gasteiger partial charge on any atom is -0.0991 e.